The number of carbonyl (C=O) groups excluding carboxylic acids is 4. The number of hydrogen-bond acceptors (Lipinski definition) is 4. The van der Waals surface area contributed by atoms with Crippen LogP contribution in [0.4, 0.5) is 11.4 Å². The maximum Gasteiger partial charge on any atom is 0.238 e. The molecule has 4 aliphatic rings. The van der Waals surface area contributed by atoms with E-state index in [9.17, 15) is 19.2 Å². The maximum atomic E-state index is 13.0. The average Bonchev–Trinajstić information content (AvgIpc) is 3.27. The Balaban J connectivity index is 1.20. The molecular formula is C30H28N2O4. The number of carbonyl (C=O) groups is 4. The van der Waals surface area contributed by atoms with Crippen molar-refractivity contribution in [3.63, 3.8) is 0 Å². The van der Waals surface area contributed by atoms with Crippen molar-refractivity contribution in [3.05, 3.63) is 71.8 Å². The van der Waals surface area contributed by atoms with Gasteiger partial charge in [0.25, 0.3) is 0 Å². The van der Waals surface area contributed by atoms with Crippen molar-refractivity contribution in [2.75, 3.05) is 9.80 Å². The van der Waals surface area contributed by atoms with Gasteiger partial charge < -0.3 is 0 Å². The van der Waals surface area contributed by atoms with Crippen LogP contribution in [0.25, 0.3) is 11.1 Å². The lowest BCUT2D eigenvalue weighted by Crippen LogP contribution is -2.30. The van der Waals surface area contributed by atoms with Crippen LogP contribution in [0, 0.1) is 23.7 Å². The average molecular weight is 481 g/mol. The van der Waals surface area contributed by atoms with Crippen molar-refractivity contribution < 1.29 is 19.2 Å². The van der Waals surface area contributed by atoms with Crippen LogP contribution in [0.1, 0.15) is 39.5 Å². The van der Waals surface area contributed by atoms with Gasteiger partial charge >= 0.3 is 0 Å². The van der Waals surface area contributed by atoms with E-state index in [1.807, 2.05) is 62.4 Å². The number of fused-ring (bicyclic) bond motifs is 2. The van der Waals surface area contributed by atoms with Crippen LogP contribution in [0.3, 0.4) is 0 Å². The molecule has 6 rings (SSSR count). The van der Waals surface area contributed by atoms with Gasteiger partial charge in [0.15, 0.2) is 0 Å². The van der Waals surface area contributed by atoms with Gasteiger partial charge in [-0.25, -0.2) is 0 Å². The highest BCUT2D eigenvalue weighted by Crippen LogP contribution is 2.41. The first-order chi connectivity index (χ1) is 17.3. The number of allylic oxidation sites excluding steroid dienone is 4. The van der Waals surface area contributed by atoms with Crippen molar-refractivity contribution >= 4 is 35.0 Å². The SMILES string of the molecule is CC1=CC[C@@H]2C(=O)N(c3ccc(-c4ccc(N5C(=O)[C@@H]6CC=C(C)C[C@H]6C5=O)cc4)cc3)C(=O)[C@H]2C1. The summed E-state index contributed by atoms with van der Waals surface area (Å²) >= 11 is 0. The monoisotopic (exact) mass is 480 g/mol. The van der Waals surface area contributed by atoms with Crippen molar-refractivity contribution in [1.82, 2.24) is 0 Å². The number of imide groups is 2. The van der Waals surface area contributed by atoms with Gasteiger partial charge in [0, 0.05) is 0 Å². The fraction of sp³-hybridized carbons (Fsp3) is 0.333. The van der Waals surface area contributed by atoms with E-state index in [0.717, 1.165) is 11.1 Å². The third kappa shape index (κ3) is 3.47. The van der Waals surface area contributed by atoms with Gasteiger partial charge in [0.1, 0.15) is 0 Å². The zero-order valence-electron chi connectivity index (χ0n) is 20.4. The second kappa shape index (κ2) is 8.40. The minimum absolute atomic E-state index is 0.111. The molecule has 2 aliphatic heterocycles. The lowest BCUT2D eigenvalue weighted by atomic mass is 9.82. The Hall–Kier alpha value is -3.80. The minimum Gasteiger partial charge on any atom is -0.274 e. The summed E-state index contributed by atoms with van der Waals surface area (Å²) < 4.78 is 0. The fourth-order valence-corrected chi connectivity index (χ4v) is 6.19. The second-order valence-electron chi connectivity index (χ2n) is 10.5. The fourth-order valence-electron chi connectivity index (χ4n) is 6.19. The van der Waals surface area contributed by atoms with E-state index < -0.39 is 0 Å². The Morgan fingerprint density at radius 2 is 0.861 bits per heavy atom. The number of rotatable bonds is 3. The summed E-state index contributed by atoms with van der Waals surface area (Å²) in [6.45, 7) is 4.02. The summed E-state index contributed by atoms with van der Waals surface area (Å²) in [5.74, 6) is -1.47. The molecule has 36 heavy (non-hydrogen) atoms. The van der Waals surface area contributed by atoms with Crippen LogP contribution in [0.2, 0.25) is 0 Å². The molecule has 2 heterocycles. The Kier molecular flexibility index (Phi) is 5.29. The van der Waals surface area contributed by atoms with Crippen molar-refractivity contribution in [1.29, 1.82) is 0 Å². The van der Waals surface area contributed by atoms with Crippen molar-refractivity contribution in [2.24, 2.45) is 23.7 Å². The molecule has 182 valence electrons. The van der Waals surface area contributed by atoms with Crippen LogP contribution < -0.4 is 9.80 Å². The smallest absolute Gasteiger partial charge is 0.238 e. The lowest BCUT2D eigenvalue weighted by Gasteiger charge is -2.18. The maximum absolute atomic E-state index is 13.0. The number of hydrogen-bond donors (Lipinski definition) is 0. The van der Waals surface area contributed by atoms with Gasteiger partial charge in [-0.2, -0.15) is 0 Å². The molecule has 2 saturated heterocycles. The van der Waals surface area contributed by atoms with Gasteiger partial charge in [0.05, 0.1) is 35.0 Å². The van der Waals surface area contributed by atoms with E-state index in [-0.39, 0.29) is 47.3 Å². The zero-order valence-corrected chi connectivity index (χ0v) is 20.4. The summed E-state index contributed by atoms with van der Waals surface area (Å²) in [7, 11) is 0. The van der Waals surface area contributed by atoms with Crippen LogP contribution in [-0.2, 0) is 19.2 Å². The van der Waals surface area contributed by atoms with Gasteiger partial charge in [-0.05, 0) is 74.9 Å². The standard InChI is InChI=1S/C30H28N2O4/c1-17-3-13-23-25(15-17)29(35)31(27(23)33)21-9-5-19(6-10-21)20-7-11-22(12-8-20)32-28(34)24-14-4-18(2)16-26(24)30(32)36/h3-12,23-26H,13-16H2,1-2H3/t23-,24+,25-,26+. The number of amides is 4. The van der Waals surface area contributed by atoms with Gasteiger partial charge in [0.2, 0.25) is 23.6 Å². The topological polar surface area (TPSA) is 74.8 Å². The molecule has 6 heteroatoms. The third-order valence-corrected chi connectivity index (χ3v) is 8.23. The van der Waals surface area contributed by atoms with E-state index in [1.54, 1.807) is 0 Å². The molecule has 2 aromatic rings. The molecule has 6 nitrogen and oxygen atoms in total. The predicted octanol–water partition coefficient (Wildman–Crippen LogP) is 5.05. The van der Waals surface area contributed by atoms with Crippen molar-refractivity contribution in [2.45, 2.75) is 39.5 Å². The molecule has 0 radical (unpaired) electrons. The molecule has 0 saturated carbocycles. The summed E-state index contributed by atoms with van der Waals surface area (Å²) in [6.07, 6.45) is 6.68. The van der Waals surface area contributed by atoms with Gasteiger partial charge in [-0.1, -0.05) is 47.6 Å². The quantitative estimate of drug-likeness (QED) is 0.455. The first-order valence-corrected chi connectivity index (χ1v) is 12.6. The molecule has 4 amide bonds. The molecule has 4 atom stereocenters. The Labute approximate surface area is 210 Å². The molecule has 0 unspecified atom stereocenters. The molecule has 0 aromatic heterocycles. The van der Waals surface area contributed by atoms with Crippen LogP contribution in [0.15, 0.2) is 71.8 Å². The molecular weight excluding hydrogens is 452 g/mol. The second-order valence-corrected chi connectivity index (χ2v) is 10.5. The lowest BCUT2D eigenvalue weighted by molar-refractivity contribution is -0.124. The highest BCUT2D eigenvalue weighted by molar-refractivity contribution is 6.23. The number of anilines is 2. The van der Waals surface area contributed by atoms with Gasteiger partial charge in [-0.15, -0.1) is 0 Å². The summed E-state index contributed by atoms with van der Waals surface area (Å²) in [4.78, 5) is 54.6. The molecule has 0 N–H and O–H groups in total. The first-order valence-electron chi connectivity index (χ1n) is 12.6. The van der Waals surface area contributed by atoms with E-state index in [1.165, 1.54) is 20.9 Å². The normalized spacial score (nSPS) is 27.7. The molecule has 2 aliphatic carbocycles. The Morgan fingerprint density at radius 1 is 0.528 bits per heavy atom. The van der Waals surface area contributed by atoms with E-state index in [0.29, 0.717) is 37.1 Å². The Bertz CT molecular complexity index is 1250. The Morgan fingerprint density at radius 3 is 1.22 bits per heavy atom. The first kappa shape index (κ1) is 22.7. The minimum atomic E-state index is -0.257. The summed E-state index contributed by atoms with van der Waals surface area (Å²) in [5, 5.41) is 0. The van der Waals surface area contributed by atoms with E-state index in [4.69, 9.17) is 0 Å². The summed E-state index contributed by atoms with van der Waals surface area (Å²) in [6, 6.07) is 14.8. The highest BCUT2D eigenvalue weighted by Gasteiger charge is 2.49. The van der Waals surface area contributed by atoms with Crippen LogP contribution in [-0.4, -0.2) is 23.6 Å². The third-order valence-electron chi connectivity index (χ3n) is 8.23. The number of nitrogens with zero attached hydrogens (tertiary/aromatic N) is 2. The predicted molar refractivity (Wildman–Crippen MR) is 137 cm³/mol. The van der Waals surface area contributed by atoms with Crippen LogP contribution in [0.5, 0.6) is 0 Å². The van der Waals surface area contributed by atoms with E-state index >= 15 is 0 Å². The van der Waals surface area contributed by atoms with Gasteiger partial charge in [-0.3, -0.25) is 29.0 Å². The van der Waals surface area contributed by atoms with Crippen LogP contribution >= 0.6 is 0 Å². The molecule has 0 spiro atoms. The molecule has 2 aromatic carbocycles. The number of benzene rings is 2. The zero-order chi connectivity index (χ0) is 25.1. The largest absolute Gasteiger partial charge is 0.274 e. The molecule has 0 bridgehead atoms. The van der Waals surface area contributed by atoms with Crippen molar-refractivity contribution in [3.8, 4) is 11.1 Å². The van der Waals surface area contributed by atoms with E-state index in [2.05, 4.69) is 12.2 Å². The highest BCUT2D eigenvalue weighted by atomic mass is 16.2. The summed E-state index contributed by atoms with van der Waals surface area (Å²) in [5.41, 5.74) is 5.37. The molecule has 2 fully saturated rings.